The standard InChI is InChI=1S/C30H40O7/c1-15(10-17(31)11-16(2)26(36)37)18-12-23(35)30(7)25-19(32)13-21-27(3,4)22(34)8-9-28(21,5)24(25)20(33)14-29(18,30)6/h10,16,18,21-22,34H,8-9,11-14H2,1-7H3,(H,36,37)/b15-10-/t16-,18-,21?,22+,28+,29-,30+/m1/s1. The van der Waals surface area contributed by atoms with Crippen LogP contribution >= 0.6 is 0 Å². The number of fused-ring (bicyclic) bond motifs is 4. The van der Waals surface area contributed by atoms with Crippen LogP contribution in [0.25, 0.3) is 0 Å². The molecule has 4 aliphatic rings. The second kappa shape index (κ2) is 8.55. The smallest absolute Gasteiger partial charge is 0.306 e. The molecule has 0 aliphatic heterocycles. The highest BCUT2D eigenvalue weighted by Crippen LogP contribution is 2.69. The fourth-order valence-corrected chi connectivity index (χ4v) is 8.42. The minimum absolute atomic E-state index is 0.0930. The summed E-state index contributed by atoms with van der Waals surface area (Å²) in [4.78, 5) is 65.5. The summed E-state index contributed by atoms with van der Waals surface area (Å²) < 4.78 is 0. The molecule has 0 radical (unpaired) electrons. The molecular formula is C30H40O7. The second-order valence-electron chi connectivity index (χ2n) is 13.3. The number of hydrogen-bond donors (Lipinski definition) is 2. The van der Waals surface area contributed by atoms with Crippen LogP contribution in [0.3, 0.4) is 0 Å². The number of carbonyl (C=O) groups is 5. The maximum atomic E-state index is 14.0. The van der Waals surface area contributed by atoms with E-state index in [2.05, 4.69) is 0 Å². The third-order valence-electron chi connectivity index (χ3n) is 11.0. The molecule has 0 spiro atoms. The summed E-state index contributed by atoms with van der Waals surface area (Å²) in [5, 5.41) is 19.9. The molecule has 0 amide bonds. The quantitative estimate of drug-likeness (QED) is 0.527. The first-order valence-corrected chi connectivity index (χ1v) is 13.4. The molecule has 0 bridgehead atoms. The van der Waals surface area contributed by atoms with Crippen LogP contribution in [0.15, 0.2) is 22.8 Å². The number of carbonyl (C=O) groups excluding carboxylic acids is 4. The lowest BCUT2D eigenvalue weighted by Gasteiger charge is -2.59. The Hall–Kier alpha value is -2.41. The van der Waals surface area contributed by atoms with Gasteiger partial charge in [0, 0.05) is 42.2 Å². The maximum absolute atomic E-state index is 14.0. The largest absolute Gasteiger partial charge is 0.481 e. The minimum atomic E-state index is -1.15. The van der Waals surface area contributed by atoms with Crippen LogP contribution in [0.4, 0.5) is 0 Å². The van der Waals surface area contributed by atoms with E-state index < -0.39 is 45.6 Å². The van der Waals surface area contributed by atoms with Gasteiger partial charge in [-0.15, -0.1) is 0 Å². The van der Waals surface area contributed by atoms with Crippen LogP contribution in [0.1, 0.15) is 87.0 Å². The number of aliphatic hydroxyl groups is 1. The van der Waals surface area contributed by atoms with Crippen LogP contribution in [-0.4, -0.2) is 45.4 Å². The number of carboxylic acid groups (broad SMARTS) is 1. The minimum Gasteiger partial charge on any atom is -0.481 e. The number of carboxylic acids is 1. The third-order valence-corrected chi connectivity index (χ3v) is 11.0. The van der Waals surface area contributed by atoms with E-state index in [0.29, 0.717) is 29.6 Å². The Kier molecular flexibility index (Phi) is 6.38. The summed E-state index contributed by atoms with van der Waals surface area (Å²) in [5.74, 6) is -3.18. The molecule has 0 aromatic carbocycles. The van der Waals surface area contributed by atoms with Crippen molar-refractivity contribution in [2.45, 2.75) is 93.1 Å². The summed E-state index contributed by atoms with van der Waals surface area (Å²) in [6.07, 6.45) is 2.24. The first kappa shape index (κ1) is 27.6. The van der Waals surface area contributed by atoms with Gasteiger partial charge < -0.3 is 10.2 Å². The number of aliphatic hydroxyl groups excluding tert-OH is 1. The Bertz CT molecular complexity index is 1170. The van der Waals surface area contributed by atoms with Gasteiger partial charge in [0.05, 0.1) is 17.4 Å². The average Bonchev–Trinajstić information content (AvgIpc) is 2.99. The molecule has 1 unspecified atom stereocenters. The fraction of sp³-hybridized carbons (Fsp3) is 0.700. The zero-order chi connectivity index (χ0) is 27.9. The molecule has 0 aromatic rings. The van der Waals surface area contributed by atoms with Gasteiger partial charge in [0.2, 0.25) is 0 Å². The van der Waals surface area contributed by atoms with E-state index in [1.807, 2.05) is 34.6 Å². The summed E-state index contributed by atoms with van der Waals surface area (Å²) in [6.45, 7) is 12.9. The van der Waals surface area contributed by atoms with Gasteiger partial charge in [0.1, 0.15) is 5.78 Å². The van der Waals surface area contributed by atoms with Gasteiger partial charge in [-0.3, -0.25) is 24.0 Å². The molecule has 2 N–H and O–H groups in total. The molecule has 7 atom stereocenters. The Morgan fingerprint density at radius 1 is 1.03 bits per heavy atom. The summed E-state index contributed by atoms with van der Waals surface area (Å²) in [6, 6.07) is 0. The average molecular weight is 513 g/mol. The van der Waals surface area contributed by atoms with Crippen molar-refractivity contribution in [3.63, 3.8) is 0 Å². The molecular weight excluding hydrogens is 472 g/mol. The van der Waals surface area contributed by atoms with E-state index >= 15 is 0 Å². The van der Waals surface area contributed by atoms with Gasteiger partial charge in [0.25, 0.3) is 0 Å². The lowest BCUT2D eigenvalue weighted by molar-refractivity contribution is -0.144. The van der Waals surface area contributed by atoms with Gasteiger partial charge in [-0.05, 0) is 55.4 Å². The van der Waals surface area contributed by atoms with Crippen molar-refractivity contribution in [1.29, 1.82) is 0 Å². The second-order valence-corrected chi connectivity index (χ2v) is 13.3. The van der Waals surface area contributed by atoms with Gasteiger partial charge in [0.15, 0.2) is 17.3 Å². The number of hydrogen-bond acceptors (Lipinski definition) is 6. The maximum Gasteiger partial charge on any atom is 0.306 e. The highest BCUT2D eigenvalue weighted by atomic mass is 16.4. The zero-order valence-corrected chi connectivity index (χ0v) is 23.1. The van der Waals surface area contributed by atoms with Gasteiger partial charge in [-0.1, -0.05) is 40.2 Å². The van der Waals surface area contributed by atoms with E-state index in [0.717, 1.165) is 0 Å². The molecule has 7 heteroatoms. The molecule has 2 saturated carbocycles. The Balaban J connectivity index is 1.81. The molecule has 37 heavy (non-hydrogen) atoms. The van der Waals surface area contributed by atoms with Crippen LogP contribution in [0.5, 0.6) is 0 Å². The number of allylic oxidation sites excluding steroid dienone is 4. The SMILES string of the molecule is C/C(=C/C(=O)C[C@@H](C)C(=O)O)[C@H]1CC(=O)[C@@]2(C)C3=C(C(=O)C[C@]12C)[C@@]1(C)CC[C@H](O)C(C)(C)C1CC3=O. The highest BCUT2D eigenvalue weighted by molar-refractivity contribution is 6.16. The van der Waals surface area contributed by atoms with Crippen molar-refractivity contribution in [3.05, 3.63) is 22.8 Å². The van der Waals surface area contributed by atoms with E-state index in [1.54, 1.807) is 6.92 Å². The lowest BCUT2D eigenvalue weighted by Crippen LogP contribution is -2.59. The van der Waals surface area contributed by atoms with Crippen LogP contribution < -0.4 is 0 Å². The lowest BCUT2D eigenvalue weighted by atomic mass is 9.43. The van der Waals surface area contributed by atoms with Gasteiger partial charge >= 0.3 is 5.97 Å². The summed E-state index contributed by atoms with van der Waals surface area (Å²) >= 11 is 0. The summed E-state index contributed by atoms with van der Waals surface area (Å²) in [5.41, 5.74) is -1.66. The Morgan fingerprint density at radius 3 is 2.24 bits per heavy atom. The molecule has 0 saturated heterocycles. The normalized spacial score (nSPS) is 40.2. The Morgan fingerprint density at radius 2 is 1.65 bits per heavy atom. The predicted molar refractivity (Wildman–Crippen MR) is 136 cm³/mol. The molecule has 202 valence electrons. The number of rotatable bonds is 5. The molecule has 4 rings (SSSR count). The van der Waals surface area contributed by atoms with E-state index in [9.17, 15) is 29.1 Å². The Labute approximate surface area is 218 Å². The first-order valence-electron chi connectivity index (χ1n) is 13.4. The predicted octanol–water partition coefficient (Wildman–Crippen LogP) is 4.26. The van der Waals surface area contributed by atoms with Crippen molar-refractivity contribution in [3.8, 4) is 0 Å². The third kappa shape index (κ3) is 3.67. The van der Waals surface area contributed by atoms with Gasteiger partial charge in [-0.2, -0.15) is 0 Å². The topological polar surface area (TPSA) is 126 Å². The first-order chi connectivity index (χ1) is 16.9. The highest BCUT2D eigenvalue weighted by Gasteiger charge is 2.70. The zero-order valence-electron chi connectivity index (χ0n) is 23.1. The van der Waals surface area contributed by atoms with Crippen molar-refractivity contribution in [2.24, 2.45) is 39.4 Å². The monoisotopic (exact) mass is 512 g/mol. The van der Waals surface area contributed by atoms with Gasteiger partial charge in [-0.25, -0.2) is 0 Å². The summed E-state index contributed by atoms with van der Waals surface area (Å²) in [7, 11) is 0. The van der Waals surface area contributed by atoms with Crippen molar-refractivity contribution in [1.82, 2.24) is 0 Å². The molecule has 2 fully saturated rings. The van der Waals surface area contributed by atoms with E-state index in [4.69, 9.17) is 5.11 Å². The molecule has 0 aromatic heterocycles. The van der Waals surface area contributed by atoms with Crippen LogP contribution in [0, 0.1) is 39.4 Å². The van der Waals surface area contributed by atoms with Crippen LogP contribution in [0.2, 0.25) is 0 Å². The number of aliphatic carboxylic acids is 1. The van der Waals surface area contributed by atoms with Crippen LogP contribution in [-0.2, 0) is 24.0 Å². The molecule has 4 aliphatic carbocycles. The fourth-order valence-electron chi connectivity index (χ4n) is 8.42. The molecule has 7 nitrogen and oxygen atoms in total. The number of Topliss-reactive ketones (excluding diaryl/α,β-unsaturated/α-hetero) is 3. The van der Waals surface area contributed by atoms with E-state index in [1.165, 1.54) is 13.0 Å². The van der Waals surface area contributed by atoms with E-state index in [-0.39, 0.29) is 54.7 Å². The van der Waals surface area contributed by atoms with Crippen molar-refractivity contribution in [2.75, 3.05) is 0 Å². The number of ketones is 4. The van der Waals surface area contributed by atoms with Crippen molar-refractivity contribution >= 4 is 29.1 Å². The molecule has 0 heterocycles. The van der Waals surface area contributed by atoms with Crippen molar-refractivity contribution < 1.29 is 34.2 Å².